The van der Waals surface area contributed by atoms with E-state index in [4.69, 9.17) is 4.74 Å². The molecule has 0 atom stereocenters. The number of benzene rings is 1. The van der Waals surface area contributed by atoms with Crippen LogP contribution in [0.2, 0.25) is 0 Å². The van der Waals surface area contributed by atoms with E-state index in [-0.39, 0.29) is 40.7 Å². The molecule has 1 aromatic heterocycles. The van der Waals surface area contributed by atoms with Gasteiger partial charge >= 0.3 is 0 Å². The number of carbonyl (C=O) groups is 2. The largest absolute Gasteiger partial charge is 0.491 e. The van der Waals surface area contributed by atoms with Crippen molar-refractivity contribution in [1.29, 1.82) is 0 Å². The average molecular weight is 562 g/mol. The maximum absolute atomic E-state index is 14.0. The minimum absolute atomic E-state index is 0.145. The molecule has 190 valence electrons. The monoisotopic (exact) mass is 561 g/mol. The Kier molecular flexibility index (Phi) is 8.10. The Labute approximate surface area is 216 Å². The molecule has 36 heavy (non-hydrogen) atoms. The van der Waals surface area contributed by atoms with Crippen LogP contribution in [0.4, 0.5) is 8.78 Å². The summed E-state index contributed by atoms with van der Waals surface area (Å²) in [5.74, 6) is -1.56. The summed E-state index contributed by atoms with van der Waals surface area (Å²) in [4.78, 5) is 40.0. The lowest BCUT2D eigenvalue weighted by molar-refractivity contribution is -0.125. The van der Waals surface area contributed by atoms with Crippen LogP contribution in [0, 0.1) is 11.6 Å². The van der Waals surface area contributed by atoms with Crippen LogP contribution in [0.5, 0.6) is 0 Å². The molecule has 3 heterocycles. The van der Waals surface area contributed by atoms with E-state index >= 15 is 0 Å². The molecular formula is C25H26BrF2N5O3. The maximum atomic E-state index is 14.0. The number of hydrogen-bond acceptors (Lipinski definition) is 6. The topological polar surface area (TPSA) is 78.9 Å². The summed E-state index contributed by atoms with van der Waals surface area (Å²) in [5, 5.41) is 0. The fraction of sp³-hybridized carbons (Fsp3) is 0.360. The molecule has 11 heteroatoms. The van der Waals surface area contributed by atoms with Gasteiger partial charge < -0.3 is 19.4 Å². The van der Waals surface area contributed by atoms with Crippen molar-refractivity contribution in [2.45, 2.75) is 26.5 Å². The van der Waals surface area contributed by atoms with Crippen LogP contribution in [-0.2, 0) is 22.7 Å². The zero-order valence-corrected chi connectivity index (χ0v) is 21.6. The number of halogens is 3. The number of hydrogen-bond donors (Lipinski definition) is 0. The average Bonchev–Trinajstić information content (AvgIpc) is 2.96. The second kappa shape index (κ2) is 11.3. The molecule has 2 aliphatic rings. The van der Waals surface area contributed by atoms with Crippen molar-refractivity contribution in [2.75, 3.05) is 33.2 Å². The number of piperazine rings is 1. The van der Waals surface area contributed by atoms with Crippen LogP contribution in [0.15, 0.2) is 52.6 Å². The molecule has 1 saturated heterocycles. The molecule has 0 aliphatic carbocycles. The van der Waals surface area contributed by atoms with Gasteiger partial charge in [0.1, 0.15) is 34.2 Å². The van der Waals surface area contributed by atoms with Crippen molar-refractivity contribution in [3.63, 3.8) is 0 Å². The SMILES string of the molecule is CC1=CCC(OCc2ccc(F)cc2F)=C(Br)C(=O)N1Cc1cnc(C(=O)N2CCN(C)CC2)cn1. The van der Waals surface area contributed by atoms with Crippen molar-refractivity contribution in [1.82, 2.24) is 24.7 Å². The molecule has 0 radical (unpaired) electrons. The lowest BCUT2D eigenvalue weighted by atomic mass is 10.2. The van der Waals surface area contributed by atoms with Crippen LogP contribution < -0.4 is 0 Å². The first kappa shape index (κ1) is 25.9. The predicted octanol–water partition coefficient (Wildman–Crippen LogP) is 3.60. The standard InChI is InChI=1S/C25H26BrF2N5O3/c1-16-3-6-22(36-15-17-4-5-18(27)11-20(17)28)23(26)25(35)33(16)14-19-12-30-21(13-29-19)24(34)32-9-7-31(2)8-10-32/h3-5,11-13H,6-10,14-15H2,1-2H3. The lowest BCUT2D eigenvalue weighted by Gasteiger charge is -2.32. The van der Waals surface area contributed by atoms with Crippen LogP contribution in [0.1, 0.15) is 35.1 Å². The third kappa shape index (κ3) is 5.96. The predicted molar refractivity (Wildman–Crippen MR) is 131 cm³/mol. The maximum Gasteiger partial charge on any atom is 0.274 e. The number of likely N-dealkylation sites (N-methyl/N-ethyl adjacent to an activating group) is 1. The van der Waals surface area contributed by atoms with Crippen molar-refractivity contribution in [3.8, 4) is 0 Å². The van der Waals surface area contributed by atoms with E-state index in [2.05, 4.69) is 30.8 Å². The zero-order chi connectivity index (χ0) is 25.8. The summed E-state index contributed by atoms with van der Waals surface area (Å²) in [5.41, 5.74) is 1.65. The molecule has 8 nitrogen and oxygen atoms in total. The van der Waals surface area contributed by atoms with Crippen molar-refractivity contribution >= 4 is 27.7 Å². The summed E-state index contributed by atoms with van der Waals surface area (Å²) in [7, 11) is 2.02. The smallest absolute Gasteiger partial charge is 0.274 e. The molecule has 0 bridgehead atoms. The number of nitrogens with zero attached hydrogens (tertiary/aromatic N) is 5. The van der Waals surface area contributed by atoms with Crippen molar-refractivity contribution < 1.29 is 23.1 Å². The fourth-order valence-electron chi connectivity index (χ4n) is 3.84. The Hall–Kier alpha value is -3.18. The second-order valence-corrected chi connectivity index (χ2v) is 9.48. The number of rotatable bonds is 6. The number of carbonyl (C=O) groups excluding carboxylic acids is 2. The van der Waals surface area contributed by atoms with Gasteiger partial charge in [0, 0.05) is 49.9 Å². The summed E-state index contributed by atoms with van der Waals surface area (Å²) in [6.07, 6.45) is 5.07. The van der Waals surface area contributed by atoms with Crippen molar-refractivity contribution in [3.05, 3.63) is 81.2 Å². The van der Waals surface area contributed by atoms with E-state index in [1.54, 1.807) is 11.8 Å². The molecule has 0 spiro atoms. The van der Waals surface area contributed by atoms with Gasteiger partial charge in [0.15, 0.2) is 0 Å². The lowest BCUT2D eigenvalue weighted by Crippen LogP contribution is -2.47. The summed E-state index contributed by atoms with van der Waals surface area (Å²) >= 11 is 3.32. The summed E-state index contributed by atoms with van der Waals surface area (Å²) in [6.45, 7) is 4.70. The van der Waals surface area contributed by atoms with Gasteiger partial charge in [-0.15, -0.1) is 0 Å². The normalized spacial score (nSPS) is 17.2. The number of allylic oxidation sites excluding steroid dienone is 2. The minimum Gasteiger partial charge on any atom is -0.491 e. The Balaban J connectivity index is 1.42. The molecular weight excluding hydrogens is 536 g/mol. The van der Waals surface area contributed by atoms with Crippen LogP contribution in [0.3, 0.4) is 0 Å². The van der Waals surface area contributed by atoms with E-state index in [0.29, 0.717) is 36.7 Å². The van der Waals surface area contributed by atoms with E-state index in [0.717, 1.165) is 25.2 Å². The van der Waals surface area contributed by atoms with Crippen molar-refractivity contribution in [2.24, 2.45) is 0 Å². The zero-order valence-electron chi connectivity index (χ0n) is 20.0. The van der Waals surface area contributed by atoms with Crippen LogP contribution >= 0.6 is 15.9 Å². The summed E-state index contributed by atoms with van der Waals surface area (Å²) in [6, 6.07) is 3.25. The molecule has 2 aromatic rings. The van der Waals surface area contributed by atoms with Gasteiger partial charge in [-0.3, -0.25) is 14.6 Å². The fourth-order valence-corrected chi connectivity index (χ4v) is 4.33. The van der Waals surface area contributed by atoms with Gasteiger partial charge in [0.2, 0.25) is 0 Å². The van der Waals surface area contributed by atoms with Gasteiger partial charge in [-0.2, -0.15) is 0 Å². The van der Waals surface area contributed by atoms with Gasteiger partial charge in [-0.1, -0.05) is 6.08 Å². The van der Waals surface area contributed by atoms with E-state index < -0.39 is 11.6 Å². The van der Waals surface area contributed by atoms with E-state index in [1.807, 2.05) is 13.1 Å². The number of amides is 2. The summed E-state index contributed by atoms with van der Waals surface area (Å²) < 4.78 is 33.0. The molecule has 0 saturated carbocycles. The molecule has 0 unspecified atom stereocenters. The number of ether oxygens (including phenoxy) is 1. The highest BCUT2D eigenvalue weighted by molar-refractivity contribution is 9.12. The molecule has 1 fully saturated rings. The molecule has 4 rings (SSSR count). The first-order chi connectivity index (χ1) is 17.2. The number of aromatic nitrogens is 2. The molecule has 2 aliphatic heterocycles. The van der Waals surface area contributed by atoms with Crippen LogP contribution in [-0.4, -0.2) is 69.7 Å². The van der Waals surface area contributed by atoms with E-state index in [1.165, 1.54) is 23.4 Å². The third-order valence-corrected chi connectivity index (χ3v) is 6.92. The molecule has 0 N–H and O–H groups in total. The van der Waals surface area contributed by atoms with Gasteiger partial charge in [0.25, 0.3) is 11.8 Å². The Morgan fingerprint density at radius 3 is 2.56 bits per heavy atom. The highest BCUT2D eigenvalue weighted by atomic mass is 79.9. The highest BCUT2D eigenvalue weighted by Gasteiger charge is 2.26. The Morgan fingerprint density at radius 2 is 1.89 bits per heavy atom. The Bertz CT molecular complexity index is 1210. The molecule has 2 amide bonds. The highest BCUT2D eigenvalue weighted by Crippen LogP contribution is 2.28. The first-order valence-corrected chi connectivity index (χ1v) is 12.2. The van der Waals surface area contributed by atoms with Gasteiger partial charge in [-0.05, 0) is 42.0 Å². The first-order valence-electron chi connectivity index (χ1n) is 11.5. The minimum atomic E-state index is -0.715. The van der Waals surface area contributed by atoms with Crippen LogP contribution in [0.25, 0.3) is 0 Å². The second-order valence-electron chi connectivity index (χ2n) is 8.69. The third-order valence-electron chi connectivity index (χ3n) is 6.14. The molecule has 1 aromatic carbocycles. The quantitative estimate of drug-likeness (QED) is 0.536. The van der Waals surface area contributed by atoms with E-state index in [9.17, 15) is 18.4 Å². The van der Waals surface area contributed by atoms with Gasteiger partial charge in [-0.25, -0.2) is 13.8 Å². The van der Waals surface area contributed by atoms with Gasteiger partial charge in [0.05, 0.1) is 24.6 Å². The Morgan fingerprint density at radius 1 is 1.14 bits per heavy atom.